The normalized spacial score (nSPS) is 13.9. The molecule has 0 aromatic heterocycles. The minimum Gasteiger partial charge on any atom is -0.495 e. The van der Waals surface area contributed by atoms with Gasteiger partial charge in [0.15, 0.2) is 0 Å². The Morgan fingerprint density at radius 3 is 2.76 bits per heavy atom. The Morgan fingerprint density at radius 1 is 1.20 bits per heavy atom. The Hall–Kier alpha value is -2.54. The van der Waals surface area contributed by atoms with Crippen LogP contribution in [0.1, 0.15) is 0 Å². The summed E-state index contributed by atoms with van der Waals surface area (Å²) in [5.74, 6) is 0.407. The van der Waals surface area contributed by atoms with Crippen molar-refractivity contribution in [3.8, 4) is 5.75 Å². The lowest BCUT2D eigenvalue weighted by molar-refractivity contribution is -0.116. The van der Waals surface area contributed by atoms with E-state index in [9.17, 15) is 9.59 Å². The van der Waals surface area contributed by atoms with Crippen molar-refractivity contribution >= 4 is 39.2 Å². The molecule has 2 aromatic rings. The summed E-state index contributed by atoms with van der Waals surface area (Å²) in [5.41, 5.74) is 1.40. The van der Waals surface area contributed by atoms with Gasteiger partial charge in [-0.1, -0.05) is 34.1 Å². The van der Waals surface area contributed by atoms with Crippen LogP contribution < -0.4 is 15.0 Å². The van der Waals surface area contributed by atoms with Crippen molar-refractivity contribution in [3.05, 3.63) is 53.0 Å². The highest BCUT2D eigenvalue weighted by Gasteiger charge is 2.32. The van der Waals surface area contributed by atoms with Crippen LogP contribution in [-0.2, 0) is 4.79 Å². The molecule has 0 aliphatic carbocycles. The monoisotopic (exact) mass is 403 g/mol. The summed E-state index contributed by atoms with van der Waals surface area (Å²) in [6, 6.07) is 14.5. The van der Waals surface area contributed by atoms with E-state index < -0.39 is 0 Å². The average Bonchev–Trinajstić information content (AvgIpc) is 2.95. The number of hydrogen-bond acceptors (Lipinski definition) is 3. The van der Waals surface area contributed by atoms with E-state index in [1.54, 1.807) is 18.1 Å². The van der Waals surface area contributed by atoms with E-state index >= 15 is 0 Å². The fourth-order valence-electron chi connectivity index (χ4n) is 2.75. The first-order valence-corrected chi connectivity index (χ1v) is 8.62. The van der Waals surface area contributed by atoms with Crippen molar-refractivity contribution in [1.29, 1.82) is 0 Å². The largest absolute Gasteiger partial charge is 0.495 e. The average molecular weight is 404 g/mol. The molecule has 1 fully saturated rings. The van der Waals surface area contributed by atoms with Crippen LogP contribution in [0.3, 0.4) is 0 Å². The molecule has 0 bridgehead atoms. The third-order valence-electron chi connectivity index (χ3n) is 3.91. The Labute approximate surface area is 154 Å². The second kappa shape index (κ2) is 7.57. The maximum atomic E-state index is 12.6. The first-order valence-electron chi connectivity index (χ1n) is 7.83. The third kappa shape index (κ3) is 3.93. The van der Waals surface area contributed by atoms with Crippen molar-refractivity contribution in [3.63, 3.8) is 0 Å². The van der Waals surface area contributed by atoms with E-state index in [0.29, 0.717) is 30.2 Å². The predicted molar refractivity (Wildman–Crippen MR) is 100 cm³/mol. The number of rotatable bonds is 5. The zero-order valence-corrected chi connectivity index (χ0v) is 15.3. The zero-order valence-electron chi connectivity index (χ0n) is 13.7. The molecular weight excluding hydrogens is 386 g/mol. The first kappa shape index (κ1) is 17.3. The standard InChI is InChI=1S/C18H18BrN3O3/c1-25-16-8-3-2-7-15(16)22-10-9-21(18(22)24)12-17(23)20-14-6-4-5-13(19)11-14/h2-8,11H,9-10,12H2,1H3,(H,20,23). The Morgan fingerprint density at radius 2 is 2.00 bits per heavy atom. The maximum Gasteiger partial charge on any atom is 0.325 e. The number of anilines is 2. The van der Waals surface area contributed by atoms with Gasteiger partial charge in [0.1, 0.15) is 12.3 Å². The lowest BCUT2D eigenvalue weighted by Gasteiger charge is -2.20. The van der Waals surface area contributed by atoms with Gasteiger partial charge in [-0.15, -0.1) is 0 Å². The minimum absolute atomic E-state index is 0.0109. The van der Waals surface area contributed by atoms with E-state index in [0.717, 1.165) is 4.47 Å². The predicted octanol–water partition coefficient (Wildman–Crippen LogP) is 3.34. The fourth-order valence-corrected chi connectivity index (χ4v) is 3.14. The minimum atomic E-state index is -0.228. The topological polar surface area (TPSA) is 61.9 Å². The van der Waals surface area contributed by atoms with E-state index in [1.165, 1.54) is 4.90 Å². The van der Waals surface area contributed by atoms with Gasteiger partial charge in [-0.3, -0.25) is 9.69 Å². The summed E-state index contributed by atoms with van der Waals surface area (Å²) in [5, 5.41) is 2.80. The van der Waals surface area contributed by atoms with Gasteiger partial charge in [0.2, 0.25) is 5.91 Å². The molecule has 0 radical (unpaired) electrons. The number of nitrogens with one attached hydrogen (secondary N) is 1. The van der Waals surface area contributed by atoms with Crippen LogP contribution in [0, 0.1) is 0 Å². The number of urea groups is 1. The summed E-state index contributed by atoms with van der Waals surface area (Å²) in [6.45, 7) is 1.02. The van der Waals surface area contributed by atoms with Gasteiger partial charge in [0.05, 0.1) is 12.8 Å². The molecule has 1 aliphatic rings. The van der Waals surface area contributed by atoms with E-state index in [4.69, 9.17) is 4.74 Å². The highest BCUT2D eigenvalue weighted by molar-refractivity contribution is 9.10. The maximum absolute atomic E-state index is 12.6. The number of ether oxygens (including phenoxy) is 1. The quantitative estimate of drug-likeness (QED) is 0.832. The second-order valence-corrected chi connectivity index (χ2v) is 6.50. The number of methoxy groups -OCH3 is 1. The van der Waals surface area contributed by atoms with Gasteiger partial charge < -0.3 is 15.0 Å². The number of hydrogen-bond donors (Lipinski definition) is 1. The Kier molecular flexibility index (Phi) is 5.23. The van der Waals surface area contributed by atoms with Crippen LogP contribution in [-0.4, -0.2) is 43.6 Å². The van der Waals surface area contributed by atoms with Gasteiger partial charge in [0, 0.05) is 23.2 Å². The molecular formula is C18H18BrN3O3. The molecule has 0 saturated carbocycles. The van der Waals surface area contributed by atoms with Crippen LogP contribution in [0.5, 0.6) is 5.75 Å². The number of halogens is 1. The molecule has 0 unspecified atom stereocenters. The number of para-hydroxylation sites is 2. The highest BCUT2D eigenvalue weighted by atomic mass is 79.9. The van der Waals surface area contributed by atoms with Gasteiger partial charge >= 0.3 is 6.03 Å². The molecule has 2 aromatic carbocycles. The van der Waals surface area contributed by atoms with Crippen molar-refractivity contribution in [2.75, 3.05) is 37.0 Å². The molecule has 6 nitrogen and oxygen atoms in total. The van der Waals surface area contributed by atoms with Crippen molar-refractivity contribution in [2.45, 2.75) is 0 Å². The molecule has 3 amide bonds. The SMILES string of the molecule is COc1ccccc1N1CCN(CC(=O)Nc2cccc(Br)c2)C1=O. The Balaban J connectivity index is 1.65. The number of carbonyl (C=O) groups excluding carboxylic acids is 2. The lowest BCUT2D eigenvalue weighted by atomic mass is 10.2. The number of nitrogens with zero attached hydrogens (tertiary/aromatic N) is 2. The molecule has 25 heavy (non-hydrogen) atoms. The number of carbonyl (C=O) groups is 2. The molecule has 0 atom stereocenters. The summed E-state index contributed by atoms with van der Waals surface area (Å²) in [4.78, 5) is 28.0. The van der Waals surface area contributed by atoms with Gasteiger partial charge in [-0.05, 0) is 30.3 Å². The molecule has 1 saturated heterocycles. The third-order valence-corrected chi connectivity index (χ3v) is 4.41. The van der Waals surface area contributed by atoms with Crippen LogP contribution in [0.4, 0.5) is 16.2 Å². The summed E-state index contributed by atoms with van der Waals surface area (Å²) >= 11 is 3.36. The molecule has 1 aliphatic heterocycles. The number of benzene rings is 2. The summed E-state index contributed by atoms with van der Waals surface area (Å²) < 4.78 is 6.20. The van der Waals surface area contributed by atoms with Gasteiger partial charge in [-0.25, -0.2) is 4.79 Å². The van der Waals surface area contributed by atoms with E-state index in [-0.39, 0.29) is 18.5 Å². The first-order chi connectivity index (χ1) is 12.1. The summed E-state index contributed by atoms with van der Waals surface area (Å²) in [6.07, 6.45) is 0. The molecule has 3 rings (SSSR count). The van der Waals surface area contributed by atoms with Crippen molar-refractivity contribution in [1.82, 2.24) is 4.90 Å². The van der Waals surface area contributed by atoms with Gasteiger partial charge in [-0.2, -0.15) is 0 Å². The van der Waals surface area contributed by atoms with Crippen molar-refractivity contribution < 1.29 is 14.3 Å². The Bertz CT molecular complexity index is 797. The molecule has 0 spiro atoms. The van der Waals surface area contributed by atoms with Crippen LogP contribution in [0.25, 0.3) is 0 Å². The molecule has 1 N–H and O–H groups in total. The molecule has 1 heterocycles. The fraction of sp³-hybridized carbons (Fsp3) is 0.222. The lowest BCUT2D eigenvalue weighted by Crippen LogP contribution is -2.37. The highest BCUT2D eigenvalue weighted by Crippen LogP contribution is 2.30. The molecule has 7 heteroatoms. The second-order valence-electron chi connectivity index (χ2n) is 5.59. The summed E-state index contributed by atoms with van der Waals surface area (Å²) in [7, 11) is 1.57. The van der Waals surface area contributed by atoms with E-state index in [2.05, 4.69) is 21.2 Å². The van der Waals surface area contributed by atoms with Crippen molar-refractivity contribution in [2.24, 2.45) is 0 Å². The zero-order chi connectivity index (χ0) is 17.8. The number of amides is 3. The smallest absolute Gasteiger partial charge is 0.325 e. The van der Waals surface area contributed by atoms with E-state index in [1.807, 2.05) is 42.5 Å². The van der Waals surface area contributed by atoms with Gasteiger partial charge in [0.25, 0.3) is 0 Å². The van der Waals surface area contributed by atoms with Crippen LogP contribution in [0.15, 0.2) is 53.0 Å². The molecule has 130 valence electrons. The van der Waals surface area contributed by atoms with Crippen LogP contribution >= 0.6 is 15.9 Å². The van der Waals surface area contributed by atoms with Crippen LogP contribution in [0.2, 0.25) is 0 Å².